The molecule has 1 aliphatic rings. The topological polar surface area (TPSA) is 186 Å². The van der Waals surface area contributed by atoms with E-state index in [9.17, 15) is 37.9 Å². The van der Waals surface area contributed by atoms with E-state index < -0.39 is 71.2 Å². The van der Waals surface area contributed by atoms with E-state index in [1.165, 1.54) is 0 Å². The second kappa shape index (κ2) is 37.8. The van der Waals surface area contributed by atoms with Crippen LogP contribution < -0.4 is 0 Å². The Bertz CT molecular complexity index is 1560. The Balaban J connectivity index is 2.51. The summed E-state index contributed by atoms with van der Waals surface area (Å²) >= 11 is 0. The van der Waals surface area contributed by atoms with Crippen molar-refractivity contribution in [2.24, 2.45) is 0 Å². The van der Waals surface area contributed by atoms with E-state index in [4.69, 9.17) is 18.9 Å². The van der Waals surface area contributed by atoms with Gasteiger partial charge in [-0.05, 0) is 96.3 Å². The minimum Gasteiger partial charge on any atom is -0.462 e. The number of carbonyl (C=O) groups is 2. The normalized spacial score (nSPS) is 20.9. The molecule has 0 amide bonds. The van der Waals surface area contributed by atoms with Gasteiger partial charge in [-0.25, -0.2) is 0 Å². The maximum atomic E-state index is 12.8. The van der Waals surface area contributed by atoms with Gasteiger partial charge < -0.3 is 34.3 Å². The van der Waals surface area contributed by atoms with Crippen molar-refractivity contribution in [3.05, 3.63) is 109 Å². The zero-order chi connectivity index (χ0) is 45.5. The Kier molecular flexibility index (Phi) is 34.4. The zero-order valence-electron chi connectivity index (χ0n) is 37.2. The summed E-state index contributed by atoms with van der Waals surface area (Å²) in [5.41, 5.74) is 0. The molecule has 0 aromatic rings. The van der Waals surface area contributed by atoms with E-state index in [1.54, 1.807) is 0 Å². The molecular weight excluding hydrogens is 813 g/mol. The minimum atomic E-state index is -4.62. The predicted octanol–water partition coefficient (Wildman–Crippen LogP) is 9.22. The first-order valence-electron chi connectivity index (χ1n) is 22.4. The molecule has 0 aliphatic carbocycles. The highest BCUT2D eigenvalue weighted by molar-refractivity contribution is 7.85. The molecule has 1 saturated heterocycles. The van der Waals surface area contributed by atoms with Gasteiger partial charge >= 0.3 is 11.9 Å². The Morgan fingerprint density at radius 1 is 0.548 bits per heavy atom. The molecule has 4 N–H and O–H groups in total. The average molecular weight is 889 g/mol. The molecule has 0 saturated carbocycles. The number of hydrogen-bond acceptors (Lipinski definition) is 11. The fourth-order valence-electron chi connectivity index (χ4n) is 5.93. The maximum Gasteiger partial charge on any atom is 0.306 e. The van der Waals surface area contributed by atoms with Gasteiger partial charge in [0.25, 0.3) is 10.1 Å². The summed E-state index contributed by atoms with van der Waals surface area (Å²) in [5.74, 6) is -2.10. The summed E-state index contributed by atoms with van der Waals surface area (Å²) in [6.07, 6.45) is 42.8. The van der Waals surface area contributed by atoms with Gasteiger partial charge in [0.15, 0.2) is 12.4 Å². The Labute approximate surface area is 372 Å². The first-order valence-corrected chi connectivity index (χ1v) is 24.1. The van der Waals surface area contributed by atoms with Crippen molar-refractivity contribution in [1.82, 2.24) is 0 Å². The van der Waals surface area contributed by atoms with E-state index >= 15 is 0 Å². The van der Waals surface area contributed by atoms with Crippen LogP contribution in [-0.4, -0.2) is 96.0 Å². The zero-order valence-corrected chi connectivity index (χ0v) is 38.0. The lowest BCUT2D eigenvalue weighted by Gasteiger charge is -2.40. The van der Waals surface area contributed by atoms with Crippen LogP contribution in [0.25, 0.3) is 0 Å². The molecule has 1 fully saturated rings. The molecule has 0 radical (unpaired) electrons. The maximum absolute atomic E-state index is 12.8. The highest BCUT2D eigenvalue weighted by Crippen LogP contribution is 2.24. The molecule has 350 valence electrons. The second-order valence-electron chi connectivity index (χ2n) is 14.9. The van der Waals surface area contributed by atoms with Crippen molar-refractivity contribution in [3.8, 4) is 0 Å². The summed E-state index contributed by atoms with van der Waals surface area (Å²) in [6.45, 7) is 3.44. The third-order valence-electron chi connectivity index (χ3n) is 9.35. The van der Waals surface area contributed by atoms with Crippen molar-refractivity contribution in [1.29, 1.82) is 0 Å². The number of allylic oxidation sites excluding steroid dienone is 18. The largest absolute Gasteiger partial charge is 0.462 e. The third-order valence-corrected chi connectivity index (χ3v) is 10.1. The number of carbonyl (C=O) groups excluding carboxylic acids is 2. The Hall–Kier alpha value is -3.69. The number of aliphatic hydroxyl groups is 3. The van der Waals surface area contributed by atoms with Crippen molar-refractivity contribution in [2.75, 3.05) is 19.0 Å². The molecule has 0 bridgehead atoms. The summed E-state index contributed by atoms with van der Waals surface area (Å²) in [5, 5.41) is 30.9. The van der Waals surface area contributed by atoms with E-state index in [0.29, 0.717) is 12.8 Å². The molecule has 62 heavy (non-hydrogen) atoms. The van der Waals surface area contributed by atoms with E-state index in [0.717, 1.165) is 89.9 Å². The van der Waals surface area contributed by atoms with Crippen molar-refractivity contribution in [3.63, 3.8) is 0 Å². The smallest absolute Gasteiger partial charge is 0.306 e. The number of unbranched alkanes of at least 4 members (excludes halogenated alkanes) is 5. The number of hydrogen-bond donors (Lipinski definition) is 4. The monoisotopic (exact) mass is 889 g/mol. The van der Waals surface area contributed by atoms with Crippen LogP contribution in [0.5, 0.6) is 0 Å². The quantitative estimate of drug-likeness (QED) is 0.0205. The minimum absolute atomic E-state index is 0.0970. The highest BCUT2D eigenvalue weighted by Gasteiger charge is 2.46. The first-order chi connectivity index (χ1) is 30.0. The molecule has 0 aromatic heterocycles. The molecule has 1 heterocycles. The van der Waals surface area contributed by atoms with Crippen LogP contribution in [-0.2, 0) is 38.7 Å². The first kappa shape index (κ1) is 56.3. The van der Waals surface area contributed by atoms with E-state index in [-0.39, 0.29) is 19.4 Å². The molecule has 1 rings (SSSR count). The number of aliphatic hydroxyl groups excluding tert-OH is 3. The SMILES string of the molecule is CC/C=C/C/C=C/C/C=C/C/C=C/C/C=C/CCCCCC(=O)OC[C@H](CO[C@H]1O[C@H](CS(=O)(=O)O)[C@@H](O)C(O)C1O)OC(=O)CCCC/C=C/C/C=C/C/C=C/C/C=C/CC. The van der Waals surface area contributed by atoms with Crippen LogP contribution in [0, 0.1) is 0 Å². The average Bonchev–Trinajstić information content (AvgIpc) is 3.24. The van der Waals surface area contributed by atoms with Gasteiger partial charge in [0, 0.05) is 12.8 Å². The van der Waals surface area contributed by atoms with Gasteiger partial charge in [0.1, 0.15) is 36.8 Å². The van der Waals surface area contributed by atoms with Gasteiger partial charge in [-0.15, -0.1) is 0 Å². The summed E-state index contributed by atoms with van der Waals surface area (Å²) in [6, 6.07) is 0. The van der Waals surface area contributed by atoms with Gasteiger partial charge in [-0.1, -0.05) is 130 Å². The molecule has 12 nitrogen and oxygen atoms in total. The summed E-state index contributed by atoms with van der Waals surface area (Å²) in [4.78, 5) is 25.4. The van der Waals surface area contributed by atoms with Gasteiger partial charge in [-0.3, -0.25) is 14.1 Å². The Morgan fingerprint density at radius 3 is 1.44 bits per heavy atom. The molecule has 0 spiro atoms. The number of esters is 2. The van der Waals surface area contributed by atoms with Gasteiger partial charge in [0.2, 0.25) is 0 Å². The summed E-state index contributed by atoms with van der Waals surface area (Å²) in [7, 11) is -4.62. The summed E-state index contributed by atoms with van der Waals surface area (Å²) < 4.78 is 54.0. The van der Waals surface area contributed by atoms with Crippen molar-refractivity contribution >= 4 is 22.1 Å². The molecule has 2 unspecified atom stereocenters. The van der Waals surface area contributed by atoms with Crippen LogP contribution >= 0.6 is 0 Å². The fourth-order valence-corrected chi connectivity index (χ4v) is 6.62. The lowest BCUT2D eigenvalue weighted by atomic mass is 10.00. The van der Waals surface area contributed by atoms with Gasteiger partial charge in [0.05, 0.1) is 6.61 Å². The Morgan fingerprint density at radius 2 is 0.968 bits per heavy atom. The van der Waals surface area contributed by atoms with E-state index in [2.05, 4.69) is 123 Å². The highest BCUT2D eigenvalue weighted by atomic mass is 32.2. The third kappa shape index (κ3) is 32.1. The molecular formula is C49H76O12S. The standard InChI is InChI=1S/C49H76O12S/c1-3-5-7-9-11-13-15-17-19-20-21-22-24-25-27-29-31-33-35-37-44(50)58-39-42(40-59-49-48(54)47(53)46(52)43(61-49)41-62(55,56)57)60-45(51)38-36-34-32-30-28-26-23-18-16-14-12-10-8-6-4-2/h5-8,11-14,17-19,21-23,25,27-28,30,42-43,46-49,52-54H,3-4,9-10,15-16,20,24,26,29,31-41H2,1-2H3,(H,55,56,57)/b7-5+,8-6+,13-11+,14-12+,19-17+,22-21+,23-18+,27-25+,30-28+/t42-,43-,46-,47?,48?,49+/m1/s1. The van der Waals surface area contributed by atoms with E-state index in [1.807, 2.05) is 0 Å². The fraction of sp³-hybridized carbons (Fsp3) is 0.592. The number of ether oxygens (including phenoxy) is 4. The van der Waals surface area contributed by atoms with Crippen LogP contribution in [0.15, 0.2) is 109 Å². The predicted molar refractivity (Wildman–Crippen MR) is 247 cm³/mol. The molecule has 6 atom stereocenters. The van der Waals surface area contributed by atoms with Crippen molar-refractivity contribution in [2.45, 2.75) is 166 Å². The molecule has 1 aliphatic heterocycles. The van der Waals surface area contributed by atoms with Crippen LogP contribution in [0.1, 0.15) is 129 Å². The van der Waals surface area contributed by atoms with Gasteiger partial charge in [-0.2, -0.15) is 8.42 Å². The van der Waals surface area contributed by atoms with Crippen LogP contribution in [0.4, 0.5) is 0 Å². The lowest BCUT2D eigenvalue weighted by Crippen LogP contribution is -2.60. The van der Waals surface area contributed by atoms with Crippen LogP contribution in [0.2, 0.25) is 0 Å². The molecule has 0 aromatic carbocycles. The van der Waals surface area contributed by atoms with Crippen molar-refractivity contribution < 1.29 is 56.8 Å². The number of rotatable bonds is 35. The lowest BCUT2D eigenvalue weighted by molar-refractivity contribution is -0.297. The molecule has 13 heteroatoms. The van der Waals surface area contributed by atoms with Crippen LogP contribution in [0.3, 0.4) is 0 Å². The second-order valence-corrected chi connectivity index (χ2v) is 16.4.